The average Bonchev–Trinajstić information content (AvgIpc) is 2.71. The van der Waals surface area contributed by atoms with Gasteiger partial charge in [-0.3, -0.25) is 14.4 Å². The standard InChI is InChI=1S/C20H19Cl2N3O4/c21-12-5-6-13(15(22)9-12)20(28)24-10-18(26)23-11-19(27)25-16-7-8-29-17-4-2-1-3-14(16)17/h1-6,9,16H,7-8,10-11H2,(H,23,26)(H,24,28)(H,25,27). The van der Waals surface area contributed by atoms with Crippen LogP contribution >= 0.6 is 23.2 Å². The van der Waals surface area contributed by atoms with Gasteiger partial charge in [-0.2, -0.15) is 0 Å². The van der Waals surface area contributed by atoms with Crippen LogP contribution in [0.1, 0.15) is 28.4 Å². The molecule has 1 aliphatic heterocycles. The summed E-state index contributed by atoms with van der Waals surface area (Å²) in [4.78, 5) is 36.2. The second-order valence-corrected chi connectivity index (χ2v) is 7.22. The molecule has 3 rings (SSSR count). The van der Waals surface area contributed by atoms with Crippen molar-refractivity contribution in [1.29, 1.82) is 0 Å². The molecule has 3 N–H and O–H groups in total. The molecule has 2 aromatic rings. The van der Waals surface area contributed by atoms with E-state index in [1.807, 2.05) is 24.3 Å². The second-order valence-electron chi connectivity index (χ2n) is 6.38. The van der Waals surface area contributed by atoms with E-state index in [4.69, 9.17) is 27.9 Å². The number of fused-ring (bicyclic) bond motifs is 1. The molecule has 0 spiro atoms. The Morgan fingerprint density at radius 1 is 1.00 bits per heavy atom. The van der Waals surface area contributed by atoms with Crippen LogP contribution in [0.4, 0.5) is 0 Å². The molecule has 2 aromatic carbocycles. The summed E-state index contributed by atoms with van der Waals surface area (Å²) < 4.78 is 5.56. The maximum Gasteiger partial charge on any atom is 0.253 e. The van der Waals surface area contributed by atoms with E-state index in [2.05, 4.69) is 16.0 Å². The van der Waals surface area contributed by atoms with Crippen LogP contribution in [-0.4, -0.2) is 37.4 Å². The summed E-state index contributed by atoms with van der Waals surface area (Å²) in [6.45, 7) is 0.0225. The van der Waals surface area contributed by atoms with E-state index in [0.29, 0.717) is 18.1 Å². The number of hydrogen-bond acceptors (Lipinski definition) is 4. The molecule has 29 heavy (non-hydrogen) atoms. The van der Waals surface area contributed by atoms with E-state index in [1.54, 1.807) is 0 Å². The first-order valence-corrected chi connectivity index (χ1v) is 9.70. The van der Waals surface area contributed by atoms with Gasteiger partial charge in [0.2, 0.25) is 11.8 Å². The van der Waals surface area contributed by atoms with Crippen molar-refractivity contribution in [1.82, 2.24) is 16.0 Å². The van der Waals surface area contributed by atoms with Crippen molar-refractivity contribution in [2.45, 2.75) is 12.5 Å². The van der Waals surface area contributed by atoms with E-state index >= 15 is 0 Å². The second kappa shape index (κ2) is 9.62. The third-order valence-electron chi connectivity index (χ3n) is 4.33. The normalized spacial score (nSPS) is 14.9. The Hall–Kier alpha value is -2.77. The first-order valence-electron chi connectivity index (χ1n) is 8.95. The van der Waals surface area contributed by atoms with Gasteiger partial charge in [-0.15, -0.1) is 0 Å². The highest BCUT2D eigenvalue weighted by molar-refractivity contribution is 6.36. The molecule has 0 fully saturated rings. The van der Waals surface area contributed by atoms with Crippen LogP contribution in [0.15, 0.2) is 42.5 Å². The topological polar surface area (TPSA) is 96.5 Å². The molecule has 9 heteroatoms. The minimum atomic E-state index is -0.509. The number of amides is 3. The van der Waals surface area contributed by atoms with Crippen LogP contribution in [0.3, 0.4) is 0 Å². The average molecular weight is 436 g/mol. The molecular weight excluding hydrogens is 417 g/mol. The Kier molecular flexibility index (Phi) is 6.95. The number of carbonyl (C=O) groups excluding carboxylic acids is 3. The molecule has 3 amide bonds. The zero-order valence-corrected chi connectivity index (χ0v) is 16.8. The highest BCUT2D eigenvalue weighted by atomic mass is 35.5. The van der Waals surface area contributed by atoms with Gasteiger partial charge in [-0.25, -0.2) is 0 Å². The summed E-state index contributed by atoms with van der Waals surface area (Å²) in [7, 11) is 0. The molecule has 1 heterocycles. The van der Waals surface area contributed by atoms with Crippen molar-refractivity contribution >= 4 is 40.9 Å². The number of halogens is 2. The van der Waals surface area contributed by atoms with Crippen molar-refractivity contribution in [3.05, 3.63) is 63.6 Å². The fourth-order valence-electron chi connectivity index (χ4n) is 2.91. The van der Waals surface area contributed by atoms with E-state index in [0.717, 1.165) is 11.3 Å². The molecule has 0 saturated carbocycles. The highest BCUT2D eigenvalue weighted by Crippen LogP contribution is 2.31. The molecule has 0 aliphatic carbocycles. The fourth-order valence-corrected chi connectivity index (χ4v) is 3.40. The van der Waals surface area contributed by atoms with Crippen LogP contribution < -0.4 is 20.7 Å². The molecule has 0 saturated heterocycles. The maximum atomic E-state index is 12.2. The van der Waals surface area contributed by atoms with Gasteiger partial charge in [-0.1, -0.05) is 41.4 Å². The van der Waals surface area contributed by atoms with Gasteiger partial charge in [0.15, 0.2) is 0 Å². The van der Waals surface area contributed by atoms with Gasteiger partial charge in [0, 0.05) is 17.0 Å². The monoisotopic (exact) mass is 435 g/mol. The minimum absolute atomic E-state index is 0.170. The van der Waals surface area contributed by atoms with Crippen LogP contribution in [0.25, 0.3) is 0 Å². The van der Waals surface area contributed by atoms with Crippen LogP contribution in [0, 0.1) is 0 Å². The SMILES string of the molecule is O=C(CNC(=O)c1ccc(Cl)cc1Cl)NCC(=O)NC1CCOc2ccccc21. The molecule has 1 atom stereocenters. The number of para-hydroxylation sites is 1. The van der Waals surface area contributed by atoms with Crippen molar-refractivity contribution in [3.63, 3.8) is 0 Å². The van der Waals surface area contributed by atoms with Crippen molar-refractivity contribution < 1.29 is 19.1 Å². The van der Waals surface area contributed by atoms with Crippen molar-refractivity contribution in [2.75, 3.05) is 19.7 Å². The lowest BCUT2D eigenvalue weighted by molar-refractivity contribution is -0.126. The first-order chi connectivity index (χ1) is 13.9. The quantitative estimate of drug-likeness (QED) is 0.649. The lowest BCUT2D eigenvalue weighted by Crippen LogP contribution is -2.43. The van der Waals surface area contributed by atoms with Crippen molar-refractivity contribution in [3.8, 4) is 5.75 Å². The summed E-state index contributed by atoms with van der Waals surface area (Å²) in [5.41, 5.74) is 1.12. The maximum absolute atomic E-state index is 12.2. The zero-order valence-electron chi connectivity index (χ0n) is 15.3. The summed E-state index contributed by atoms with van der Waals surface area (Å²) in [5, 5.41) is 8.40. The Labute approximate surface area is 177 Å². The number of ether oxygens (including phenoxy) is 1. The van der Waals surface area contributed by atoms with E-state index in [1.165, 1.54) is 18.2 Å². The van der Waals surface area contributed by atoms with Gasteiger partial charge in [0.25, 0.3) is 5.91 Å². The van der Waals surface area contributed by atoms with E-state index < -0.39 is 11.8 Å². The van der Waals surface area contributed by atoms with Crippen LogP contribution in [-0.2, 0) is 9.59 Å². The van der Waals surface area contributed by atoms with Gasteiger partial charge in [0.05, 0.1) is 36.3 Å². The molecule has 0 bridgehead atoms. The zero-order chi connectivity index (χ0) is 20.8. The van der Waals surface area contributed by atoms with Crippen LogP contribution in [0.5, 0.6) is 5.75 Å². The molecule has 1 unspecified atom stereocenters. The minimum Gasteiger partial charge on any atom is -0.493 e. The number of rotatable bonds is 6. The summed E-state index contributed by atoms with van der Waals surface area (Å²) >= 11 is 11.8. The van der Waals surface area contributed by atoms with E-state index in [9.17, 15) is 14.4 Å². The Balaban J connectivity index is 1.44. The third kappa shape index (κ3) is 5.62. The van der Waals surface area contributed by atoms with Gasteiger partial charge < -0.3 is 20.7 Å². The predicted molar refractivity (Wildman–Crippen MR) is 109 cm³/mol. The first kappa shape index (κ1) is 21.0. The largest absolute Gasteiger partial charge is 0.493 e. The number of nitrogens with one attached hydrogen (secondary N) is 3. The summed E-state index contributed by atoms with van der Waals surface area (Å²) in [6.07, 6.45) is 0.647. The van der Waals surface area contributed by atoms with Crippen molar-refractivity contribution in [2.24, 2.45) is 0 Å². The number of hydrogen-bond donors (Lipinski definition) is 3. The molecule has 152 valence electrons. The van der Waals surface area contributed by atoms with Crippen LogP contribution in [0.2, 0.25) is 10.0 Å². The molecular formula is C20H19Cl2N3O4. The van der Waals surface area contributed by atoms with Gasteiger partial charge >= 0.3 is 0 Å². The number of carbonyl (C=O) groups is 3. The molecule has 0 radical (unpaired) electrons. The summed E-state index contributed by atoms with van der Waals surface area (Å²) in [6, 6.07) is 11.8. The Morgan fingerprint density at radius 2 is 1.76 bits per heavy atom. The molecule has 1 aliphatic rings. The smallest absolute Gasteiger partial charge is 0.253 e. The number of benzene rings is 2. The van der Waals surface area contributed by atoms with Gasteiger partial charge in [0.1, 0.15) is 5.75 Å². The van der Waals surface area contributed by atoms with Gasteiger partial charge in [-0.05, 0) is 24.3 Å². The summed E-state index contributed by atoms with van der Waals surface area (Å²) in [5.74, 6) is -0.583. The Bertz CT molecular complexity index is 936. The lowest BCUT2D eigenvalue weighted by Gasteiger charge is -2.26. The third-order valence-corrected chi connectivity index (χ3v) is 4.87. The Morgan fingerprint density at radius 3 is 2.55 bits per heavy atom. The molecule has 7 nitrogen and oxygen atoms in total. The molecule has 0 aromatic heterocycles. The van der Waals surface area contributed by atoms with E-state index in [-0.39, 0.29) is 35.6 Å². The highest BCUT2D eigenvalue weighted by Gasteiger charge is 2.22. The predicted octanol–water partition coefficient (Wildman–Crippen LogP) is 2.48. The fraction of sp³-hybridized carbons (Fsp3) is 0.250. The lowest BCUT2D eigenvalue weighted by atomic mass is 10.0.